The van der Waals surface area contributed by atoms with Crippen LogP contribution in [0, 0.1) is 0 Å². The van der Waals surface area contributed by atoms with E-state index in [0.717, 1.165) is 25.0 Å². The normalized spacial score (nSPS) is 10.6. The third-order valence-electron chi connectivity index (χ3n) is 2.07. The van der Waals surface area contributed by atoms with E-state index in [1.807, 2.05) is 18.2 Å². The smallest absolute Gasteiger partial charge is 0.330 e. The van der Waals surface area contributed by atoms with Crippen LogP contribution in [-0.2, 0) is 9.53 Å². The minimum atomic E-state index is -0.304. The Morgan fingerprint density at radius 2 is 2.31 bits per heavy atom. The van der Waals surface area contributed by atoms with Gasteiger partial charge in [0.1, 0.15) is 0 Å². The lowest BCUT2D eigenvalue weighted by Gasteiger charge is -1.99. The van der Waals surface area contributed by atoms with Crippen molar-refractivity contribution in [2.24, 2.45) is 0 Å². The number of carbonyl (C=O) groups is 1. The second kappa shape index (κ2) is 7.63. The number of nitrogens with zero attached hydrogens (tertiary/aromatic N) is 1. The number of ether oxygens (including phenoxy) is 1. The van der Waals surface area contributed by atoms with E-state index in [4.69, 9.17) is 4.74 Å². The fourth-order valence-corrected chi connectivity index (χ4v) is 1.20. The Morgan fingerprint density at radius 1 is 1.44 bits per heavy atom. The summed E-state index contributed by atoms with van der Waals surface area (Å²) in [7, 11) is 0. The van der Waals surface area contributed by atoms with Crippen LogP contribution < -0.4 is 0 Å². The van der Waals surface area contributed by atoms with Gasteiger partial charge in [-0.15, -0.1) is 0 Å². The third-order valence-corrected chi connectivity index (χ3v) is 2.07. The molecule has 0 atom stereocenters. The van der Waals surface area contributed by atoms with Crippen LogP contribution in [0.3, 0.4) is 0 Å². The van der Waals surface area contributed by atoms with E-state index in [9.17, 15) is 4.79 Å². The molecule has 0 aliphatic carbocycles. The minimum Gasteiger partial charge on any atom is -0.463 e. The first-order chi connectivity index (χ1) is 7.83. The molecule has 0 unspecified atom stereocenters. The maximum Gasteiger partial charge on any atom is 0.330 e. The summed E-state index contributed by atoms with van der Waals surface area (Å²) in [5.74, 6) is -0.304. The van der Waals surface area contributed by atoms with E-state index >= 15 is 0 Å². The van der Waals surface area contributed by atoms with Crippen molar-refractivity contribution in [3.05, 3.63) is 36.2 Å². The molecule has 0 saturated carbocycles. The average molecular weight is 219 g/mol. The number of carbonyl (C=O) groups excluding carboxylic acids is 1. The second-order valence-corrected chi connectivity index (χ2v) is 3.46. The Kier molecular flexibility index (Phi) is 5.92. The molecule has 0 aromatic carbocycles. The summed E-state index contributed by atoms with van der Waals surface area (Å²) in [6.07, 6.45) is 7.90. The van der Waals surface area contributed by atoms with Gasteiger partial charge in [0.25, 0.3) is 0 Å². The molecule has 16 heavy (non-hydrogen) atoms. The molecular weight excluding hydrogens is 202 g/mol. The average Bonchev–Trinajstić information content (AvgIpc) is 2.33. The fourth-order valence-electron chi connectivity index (χ4n) is 1.20. The Hall–Kier alpha value is -1.64. The van der Waals surface area contributed by atoms with Crippen molar-refractivity contribution in [1.82, 2.24) is 4.98 Å². The summed E-state index contributed by atoms with van der Waals surface area (Å²) in [5, 5.41) is 0. The quantitative estimate of drug-likeness (QED) is 0.419. The monoisotopic (exact) mass is 219 g/mol. The first-order valence-electron chi connectivity index (χ1n) is 5.59. The fraction of sp³-hybridized carbons (Fsp3) is 0.385. The topological polar surface area (TPSA) is 39.2 Å². The first-order valence-corrected chi connectivity index (χ1v) is 5.59. The highest BCUT2D eigenvalue weighted by molar-refractivity contribution is 5.86. The minimum absolute atomic E-state index is 0.304. The van der Waals surface area contributed by atoms with Gasteiger partial charge in [-0.25, -0.2) is 4.79 Å². The summed E-state index contributed by atoms with van der Waals surface area (Å²) >= 11 is 0. The van der Waals surface area contributed by atoms with Crippen molar-refractivity contribution in [2.75, 3.05) is 6.61 Å². The van der Waals surface area contributed by atoms with Crippen molar-refractivity contribution in [2.45, 2.75) is 26.2 Å². The second-order valence-electron chi connectivity index (χ2n) is 3.46. The largest absolute Gasteiger partial charge is 0.463 e. The number of rotatable bonds is 6. The summed E-state index contributed by atoms with van der Waals surface area (Å²) in [6.45, 7) is 2.61. The zero-order valence-corrected chi connectivity index (χ0v) is 9.56. The van der Waals surface area contributed by atoms with Gasteiger partial charge < -0.3 is 4.74 Å². The van der Waals surface area contributed by atoms with Crippen LogP contribution in [0.25, 0.3) is 6.08 Å². The standard InChI is InChI=1S/C13H17NO2/c1-2-3-6-11-16-13(15)9-8-12-7-4-5-10-14-12/h4-5,7-10H,2-3,6,11H2,1H3/b9-8+. The van der Waals surface area contributed by atoms with Gasteiger partial charge in [-0.2, -0.15) is 0 Å². The molecule has 3 heteroatoms. The van der Waals surface area contributed by atoms with Crippen molar-refractivity contribution in [3.63, 3.8) is 0 Å². The molecule has 0 saturated heterocycles. The lowest BCUT2D eigenvalue weighted by molar-refractivity contribution is -0.137. The molecule has 0 bridgehead atoms. The molecule has 0 N–H and O–H groups in total. The van der Waals surface area contributed by atoms with E-state index in [2.05, 4.69) is 11.9 Å². The van der Waals surface area contributed by atoms with E-state index in [-0.39, 0.29) is 5.97 Å². The highest BCUT2D eigenvalue weighted by atomic mass is 16.5. The highest BCUT2D eigenvalue weighted by Crippen LogP contribution is 1.98. The molecule has 3 nitrogen and oxygen atoms in total. The number of aromatic nitrogens is 1. The zero-order chi connectivity index (χ0) is 11.6. The lowest BCUT2D eigenvalue weighted by Crippen LogP contribution is -2.01. The Balaban J connectivity index is 2.26. The van der Waals surface area contributed by atoms with Crippen LogP contribution in [0.15, 0.2) is 30.5 Å². The number of pyridine rings is 1. The van der Waals surface area contributed by atoms with Gasteiger partial charge in [0, 0.05) is 12.3 Å². The molecule has 0 aliphatic heterocycles. The van der Waals surface area contributed by atoms with Gasteiger partial charge in [-0.1, -0.05) is 25.8 Å². The number of hydrogen-bond acceptors (Lipinski definition) is 3. The summed E-state index contributed by atoms with van der Waals surface area (Å²) < 4.78 is 5.01. The zero-order valence-electron chi connectivity index (χ0n) is 9.56. The van der Waals surface area contributed by atoms with Crippen LogP contribution in [-0.4, -0.2) is 17.6 Å². The van der Waals surface area contributed by atoms with Crippen molar-refractivity contribution in [1.29, 1.82) is 0 Å². The molecule has 0 amide bonds. The van der Waals surface area contributed by atoms with Crippen LogP contribution in [0.2, 0.25) is 0 Å². The van der Waals surface area contributed by atoms with Crippen LogP contribution >= 0.6 is 0 Å². The number of unbranched alkanes of at least 4 members (excludes halogenated alkanes) is 2. The molecule has 1 rings (SSSR count). The Labute approximate surface area is 96.2 Å². The van der Waals surface area contributed by atoms with Gasteiger partial charge in [0.2, 0.25) is 0 Å². The Bertz CT molecular complexity index is 333. The van der Waals surface area contributed by atoms with Gasteiger partial charge in [-0.05, 0) is 24.6 Å². The maximum atomic E-state index is 11.2. The molecule has 1 aromatic rings. The molecule has 0 aliphatic rings. The van der Waals surface area contributed by atoms with E-state index < -0.39 is 0 Å². The van der Waals surface area contributed by atoms with Crippen LogP contribution in [0.4, 0.5) is 0 Å². The van der Waals surface area contributed by atoms with E-state index in [1.54, 1.807) is 12.3 Å². The molecule has 0 spiro atoms. The van der Waals surface area contributed by atoms with Gasteiger partial charge in [0.05, 0.1) is 12.3 Å². The molecule has 0 radical (unpaired) electrons. The first kappa shape index (κ1) is 12.4. The van der Waals surface area contributed by atoms with Crippen molar-refractivity contribution >= 4 is 12.0 Å². The van der Waals surface area contributed by atoms with Gasteiger partial charge in [0.15, 0.2) is 0 Å². The van der Waals surface area contributed by atoms with Crippen LogP contribution in [0.5, 0.6) is 0 Å². The number of hydrogen-bond donors (Lipinski definition) is 0. The number of esters is 1. The highest BCUT2D eigenvalue weighted by Gasteiger charge is 1.96. The van der Waals surface area contributed by atoms with Crippen molar-refractivity contribution in [3.8, 4) is 0 Å². The maximum absolute atomic E-state index is 11.2. The molecular formula is C13H17NO2. The predicted molar refractivity (Wildman–Crippen MR) is 63.8 cm³/mol. The summed E-state index contributed by atoms with van der Waals surface area (Å²) in [4.78, 5) is 15.3. The lowest BCUT2D eigenvalue weighted by atomic mass is 10.3. The summed E-state index contributed by atoms with van der Waals surface area (Å²) in [6, 6.07) is 5.54. The van der Waals surface area contributed by atoms with Crippen molar-refractivity contribution < 1.29 is 9.53 Å². The van der Waals surface area contributed by atoms with Gasteiger partial charge in [-0.3, -0.25) is 4.98 Å². The van der Waals surface area contributed by atoms with Crippen LogP contribution in [0.1, 0.15) is 31.9 Å². The van der Waals surface area contributed by atoms with E-state index in [0.29, 0.717) is 6.61 Å². The Morgan fingerprint density at radius 3 is 3.00 bits per heavy atom. The predicted octanol–water partition coefficient (Wildman–Crippen LogP) is 2.83. The SMILES string of the molecule is CCCCCOC(=O)/C=C/c1ccccn1. The molecule has 1 aromatic heterocycles. The van der Waals surface area contributed by atoms with E-state index in [1.165, 1.54) is 6.08 Å². The molecule has 0 fully saturated rings. The molecule has 1 heterocycles. The third kappa shape index (κ3) is 5.29. The molecule has 86 valence electrons. The summed E-state index contributed by atoms with van der Waals surface area (Å²) in [5.41, 5.74) is 0.757. The van der Waals surface area contributed by atoms with Gasteiger partial charge >= 0.3 is 5.97 Å².